The second-order valence-corrected chi connectivity index (χ2v) is 7.30. The molecule has 1 aromatic rings. The molecule has 2 heterocycles. The predicted molar refractivity (Wildman–Crippen MR) is 77.2 cm³/mol. The number of rotatable bonds is 2. The van der Waals surface area contributed by atoms with Gasteiger partial charge in [0, 0.05) is 30.0 Å². The molecule has 2 aliphatic rings. The second kappa shape index (κ2) is 4.70. The van der Waals surface area contributed by atoms with Gasteiger partial charge in [-0.15, -0.1) is 10.2 Å². The average Bonchev–Trinajstić information content (AvgIpc) is 2.28. The number of nitrogens with one attached hydrogen (secondary N) is 1. The molecule has 2 fully saturated rings. The van der Waals surface area contributed by atoms with Gasteiger partial charge in [0.2, 0.25) is 5.88 Å². The van der Waals surface area contributed by atoms with Crippen LogP contribution in [0.4, 0.5) is 0 Å². The lowest BCUT2D eigenvalue weighted by Crippen LogP contribution is -2.65. The fourth-order valence-corrected chi connectivity index (χ4v) is 3.66. The van der Waals surface area contributed by atoms with E-state index in [1.54, 1.807) is 0 Å². The Labute approximate surface area is 122 Å². The van der Waals surface area contributed by atoms with E-state index < -0.39 is 0 Å². The minimum absolute atomic E-state index is 0.131. The molecule has 4 nitrogen and oxygen atoms in total. The van der Waals surface area contributed by atoms with Crippen LogP contribution in [0, 0.1) is 0 Å². The van der Waals surface area contributed by atoms with E-state index in [4.69, 9.17) is 4.74 Å². The lowest BCUT2D eigenvalue weighted by Gasteiger charge is -2.54. The van der Waals surface area contributed by atoms with Crippen LogP contribution in [0.1, 0.15) is 46.0 Å². The van der Waals surface area contributed by atoms with Gasteiger partial charge in [-0.2, -0.15) is 0 Å². The fourth-order valence-electron chi connectivity index (χ4n) is 3.45. The first-order valence-electron chi connectivity index (χ1n) is 6.92. The van der Waals surface area contributed by atoms with Crippen molar-refractivity contribution in [1.82, 2.24) is 15.5 Å². The van der Waals surface area contributed by atoms with Gasteiger partial charge in [-0.05, 0) is 55.1 Å². The van der Waals surface area contributed by atoms with E-state index in [1.807, 2.05) is 12.1 Å². The standard InChI is InChI=1S/C14H20BrN3O/c1-13(2)8-10(9-14(18-13)6-3-7-14)19-12-5-4-11(15)16-17-12/h4-5,10,18H,3,6-9H2,1-2H3. The summed E-state index contributed by atoms with van der Waals surface area (Å²) in [6.45, 7) is 4.52. The van der Waals surface area contributed by atoms with Crippen LogP contribution in [0.3, 0.4) is 0 Å². The van der Waals surface area contributed by atoms with Crippen molar-refractivity contribution in [3.8, 4) is 5.88 Å². The van der Waals surface area contributed by atoms with Crippen LogP contribution >= 0.6 is 15.9 Å². The number of halogens is 1. The van der Waals surface area contributed by atoms with Crippen molar-refractivity contribution in [2.45, 2.75) is 63.1 Å². The minimum atomic E-state index is 0.131. The zero-order chi connectivity index (χ0) is 13.5. The topological polar surface area (TPSA) is 47.0 Å². The Bertz CT molecular complexity index is 456. The molecular weight excluding hydrogens is 306 g/mol. The van der Waals surface area contributed by atoms with Crippen molar-refractivity contribution in [2.24, 2.45) is 0 Å². The van der Waals surface area contributed by atoms with Crippen molar-refractivity contribution >= 4 is 15.9 Å². The molecule has 0 radical (unpaired) electrons. The monoisotopic (exact) mass is 325 g/mol. The van der Waals surface area contributed by atoms with E-state index >= 15 is 0 Å². The van der Waals surface area contributed by atoms with E-state index in [1.165, 1.54) is 19.3 Å². The molecule has 1 saturated carbocycles. The predicted octanol–water partition coefficient (Wildman–Crippen LogP) is 3.07. The molecule has 0 bridgehead atoms. The number of hydrogen-bond donors (Lipinski definition) is 1. The molecule has 1 N–H and O–H groups in total. The van der Waals surface area contributed by atoms with E-state index in [0.29, 0.717) is 11.4 Å². The van der Waals surface area contributed by atoms with Gasteiger partial charge in [0.05, 0.1) is 0 Å². The molecule has 104 valence electrons. The number of piperidine rings is 1. The lowest BCUT2D eigenvalue weighted by atomic mass is 9.67. The quantitative estimate of drug-likeness (QED) is 0.907. The maximum Gasteiger partial charge on any atom is 0.233 e. The van der Waals surface area contributed by atoms with Gasteiger partial charge in [-0.25, -0.2) is 0 Å². The van der Waals surface area contributed by atoms with E-state index in [9.17, 15) is 0 Å². The van der Waals surface area contributed by atoms with Gasteiger partial charge in [0.15, 0.2) is 0 Å². The third kappa shape index (κ3) is 2.92. The molecule has 0 amide bonds. The van der Waals surface area contributed by atoms with E-state index in [-0.39, 0.29) is 11.6 Å². The number of hydrogen-bond acceptors (Lipinski definition) is 4. The molecular formula is C14H20BrN3O. The SMILES string of the molecule is CC1(C)CC(Oc2ccc(Br)nn2)CC2(CCC2)N1. The van der Waals surface area contributed by atoms with Crippen molar-refractivity contribution in [2.75, 3.05) is 0 Å². The largest absolute Gasteiger partial charge is 0.473 e. The van der Waals surface area contributed by atoms with Gasteiger partial charge >= 0.3 is 0 Å². The fraction of sp³-hybridized carbons (Fsp3) is 0.714. The summed E-state index contributed by atoms with van der Waals surface area (Å²) in [6.07, 6.45) is 6.17. The normalized spacial score (nSPS) is 27.8. The van der Waals surface area contributed by atoms with Crippen molar-refractivity contribution in [1.29, 1.82) is 0 Å². The summed E-state index contributed by atoms with van der Waals surface area (Å²) < 4.78 is 6.78. The Balaban J connectivity index is 1.71. The zero-order valence-corrected chi connectivity index (χ0v) is 13.0. The summed E-state index contributed by atoms with van der Waals surface area (Å²) in [5, 5.41) is 11.9. The van der Waals surface area contributed by atoms with Gasteiger partial charge in [-0.1, -0.05) is 0 Å². The first-order valence-corrected chi connectivity index (χ1v) is 7.71. The highest BCUT2D eigenvalue weighted by atomic mass is 79.9. The highest BCUT2D eigenvalue weighted by molar-refractivity contribution is 9.10. The summed E-state index contributed by atoms with van der Waals surface area (Å²) >= 11 is 3.29. The van der Waals surface area contributed by atoms with Crippen molar-refractivity contribution < 1.29 is 4.74 Å². The third-order valence-corrected chi connectivity index (χ3v) is 4.59. The molecule has 5 heteroatoms. The first-order chi connectivity index (χ1) is 8.96. The van der Waals surface area contributed by atoms with Crippen LogP contribution in [0.5, 0.6) is 5.88 Å². The van der Waals surface area contributed by atoms with E-state index in [2.05, 4.69) is 45.3 Å². The Morgan fingerprint density at radius 2 is 2.05 bits per heavy atom. The molecule has 3 rings (SSSR count). The van der Waals surface area contributed by atoms with Crippen LogP contribution in [0.15, 0.2) is 16.7 Å². The highest BCUT2D eigenvalue weighted by Gasteiger charge is 2.47. The molecule has 1 aliphatic heterocycles. The second-order valence-electron chi connectivity index (χ2n) is 6.49. The van der Waals surface area contributed by atoms with Crippen LogP contribution in [-0.2, 0) is 0 Å². The first kappa shape index (κ1) is 13.3. The molecule has 0 aromatic carbocycles. The Morgan fingerprint density at radius 1 is 1.26 bits per heavy atom. The number of aromatic nitrogens is 2. The lowest BCUT2D eigenvalue weighted by molar-refractivity contribution is 0.000685. The summed E-state index contributed by atoms with van der Waals surface area (Å²) in [5.41, 5.74) is 0.432. The van der Waals surface area contributed by atoms with Crippen molar-refractivity contribution in [3.05, 3.63) is 16.7 Å². The van der Waals surface area contributed by atoms with Crippen LogP contribution in [0.2, 0.25) is 0 Å². The van der Waals surface area contributed by atoms with Crippen LogP contribution in [0.25, 0.3) is 0 Å². The molecule has 19 heavy (non-hydrogen) atoms. The smallest absolute Gasteiger partial charge is 0.233 e. The molecule has 1 spiro atoms. The molecule has 1 unspecified atom stereocenters. The molecule has 1 saturated heterocycles. The Kier molecular flexibility index (Phi) is 3.29. The van der Waals surface area contributed by atoms with Gasteiger partial charge in [0.25, 0.3) is 0 Å². The van der Waals surface area contributed by atoms with Crippen LogP contribution < -0.4 is 10.1 Å². The third-order valence-electron chi connectivity index (χ3n) is 4.17. The van der Waals surface area contributed by atoms with Gasteiger partial charge < -0.3 is 10.1 Å². The highest BCUT2D eigenvalue weighted by Crippen LogP contribution is 2.43. The van der Waals surface area contributed by atoms with E-state index in [0.717, 1.165) is 17.4 Å². The number of ether oxygens (including phenoxy) is 1. The summed E-state index contributed by atoms with van der Waals surface area (Å²) in [4.78, 5) is 0. The minimum Gasteiger partial charge on any atom is -0.473 e. The van der Waals surface area contributed by atoms with Gasteiger partial charge in [-0.3, -0.25) is 0 Å². The summed E-state index contributed by atoms with van der Waals surface area (Å²) in [7, 11) is 0. The van der Waals surface area contributed by atoms with Gasteiger partial charge in [0.1, 0.15) is 10.7 Å². The average molecular weight is 326 g/mol. The van der Waals surface area contributed by atoms with Crippen molar-refractivity contribution in [3.63, 3.8) is 0 Å². The summed E-state index contributed by atoms with van der Waals surface area (Å²) in [6, 6.07) is 3.74. The maximum absolute atomic E-state index is 6.04. The molecule has 1 aromatic heterocycles. The zero-order valence-electron chi connectivity index (χ0n) is 11.4. The summed E-state index contributed by atoms with van der Waals surface area (Å²) in [5.74, 6) is 0.625. The Hall–Kier alpha value is -0.680. The molecule has 1 aliphatic carbocycles. The van der Waals surface area contributed by atoms with Crippen LogP contribution in [-0.4, -0.2) is 27.4 Å². The molecule has 1 atom stereocenters. The maximum atomic E-state index is 6.04. The Morgan fingerprint density at radius 3 is 2.63 bits per heavy atom. The number of nitrogens with zero attached hydrogens (tertiary/aromatic N) is 2.